The van der Waals surface area contributed by atoms with Crippen LogP contribution >= 0.6 is 0 Å². The number of aromatic nitrogens is 1. The monoisotopic (exact) mass is 418 g/mol. The Morgan fingerprint density at radius 3 is 2.55 bits per heavy atom. The minimum atomic E-state index is -3.16. The molecule has 2 N–H and O–H groups in total. The lowest BCUT2D eigenvalue weighted by atomic mass is 10.1. The molecule has 0 aliphatic heterocycles. The summed E-state index contributed by atoms with van der Waals surface area (Å²) in [4.78, 5) is 9.25. The lowest BCUT2D eigenvalue weighted by Gasteiger charge is -2.12. The summed E-state index contributed by atoms with van der Waals surface area (Å²) in [6, 6.07) is 10.8. The van der Waals surface area contributed by atoms with Crippen molar-refractivity contribution in [1.82, 2.24) is 15.6 Å². The molecule has 1 aromatic heterocycles. The van der Waals surface area contributed by atoms with E-state index in [0.717, 1.165) is 30.5 Å². The summed E-state index contributed by atoms with van der Waals surface area (Å²) in [5.74, 6) is 1.34. The van der Waals surface area contributed by atoms with Gasteiger partial charge in [0.05, 0.1) is 18.0 Å². The molecule has 0 radical (unpaired) electrons. The number of nitrogens with one attached hydrogen (secondary N) is 2. The highest BCUT2D eigenvalue weighted by atomic mass is 32.2. The van der Waals surface area contributed by atoms with E-state index in [1.54, 1.807) is 18.3 Å². The number of hydrogen-bond acceptors (Lipinski definition) is 5. The molecule has 2 aromatic rings. The maximum Gasteiger partial charge on any atom is 0.218 e. The Morgan fingerprint density at radius 1 is 1.14 bits per heavy atom. The normalized spacial score (nSPS) is 11.9. The summed E-state index contributed by atoms with van der Waals surface area (Å²) in [5, 5.41) is 6.54. The second-order valence-electron chi connectivity index (χ2n) is 6.60. The van der Waals surface area contributed by atoms with Crippen LogP contribution in [0.25, 0.3) is 0 Å². The van der Waals surface area contributed by atoms with Crippen molar-refractivity contribution in [3.63, 3.8) is 0 Å². The molecule has 158 valence electrons. The molecule has 7 nitrogen and oxygen atoms in total. The average Bonchev–Trinajstić information content (AvgIpc) is 2.71. The summed E-state index contributed by atoms with van der Waals surface area (Å²) >= 11 is 0. The Hall–Kier alpha value is -2.61. The van der Waals surface area contributed by atoms with Crippen molar-refractivity contribution in [2.24, 2.45) is 4.99 Å². The average molecular weight is 419 g/mol. The number of aliphatic imine (C=N–C) groups is 1. The molecule has 0 saturated carbocycles. The van der Waals surface area contributed by atoms with Crippen LogP contribution in [-0.2, 0) is 22.8 Å². The Bertz CT molecular complexity index is 896. The third-order valence-corrected chi connectivity index (χ3v) is 5.23. The number of benzene rings is 1. The van der Waals surface area contributed by atoms with Crippen LogP contribution < -0.4 is 15.4 Å². The van der Waals surface area contributed by atoms with Crippen LogP contribution in [0.2, 0.25) is 0 Å². The van der Waals surface area contributed by atoms with Crippen LogP contribution in [0, 0.1) is 0 Å². The molecule has 8 heteroatoms. The molecular formula is C21H30N4O3S. The Balaban J connectivity index is 1.94. The SMILES string of the molecule is CCCOc1ncccc1CN=C(NCC)NCCc1ccc(S(C)(=O)=O)cc1. The van der Waals surface area contributed by atoms with Gasteiger partial charge in [0, 0.05) is 31.1 Å². The van der Waals surface area contributed by atoms with Gasteiger partial charge in [-0.2, -0.15) is 0 Å². The van der Waals surface area contributed by atoms with Crippen LogP contribution in [0.3, 0.4) is 0 Å². The van der Waals surface area contributed by atoms with Crippen LogP contribution in [0.5, 0.6) is 5.88 Å². The smallest absolute Gasteiger partial charge is 0.218 e. The standard InChI is InChI=1S/C21H30N4O3S/c1-4-15-28-20-18(7-6-13-23-20)16-25-21(22-5-2)24-14-12-17-8-10-19(11-9-17)29(3,26)27/h6-11,13H,4-5,12,14-16H2,1-3H3,(H2,22,24,25). The van der Waals surface area contributed by atoms with Gasteiger partial charge in [-0.25, -0.2) is 18.4 Å². The first-order valence-electron chi connectivity index (χ1n) is 9.82. The molecule has 0 atom stereocenters. The maximum absolute atomic E-state index is 11.5. The zero-order valence-corrected chi connectivity index (χ0v) is 18.1. The number of pyridine rings is 1. The largest absolute Gasteiger partial charge is 0.477 e. The first-order chi connectivity index (χ1) is 13.9. The van der Waals surface area contributed by atoms with Crippen molar-refractivity contribution in [1.29, 1.82) is 0 Å². The predicted octanol–water partition coefficient (Wildman–Crippen LogP) is 2.57. The second-order valence-corrected chi connectivity index (χ2v) is 8.62. The third kappa shape index (κ3) is 7.73. The molecule has 29 heavy (non-hydrogen) atoms. The fourth-order valence-corrected chi connectivity index (χ4v) is 3.24. The number of ether oxygens (including phenoxy) is 1. The second kappa shape index (κ2) is 11.4. The molecule has 2 rings (SSSR count). The lowest BCUT2D eigenvalue weighted by Crippen LogP contribution is -2.38. The summed E-state index contributed by atoms with van der Waals surface area (Å²) in [6.45, 7) is 6.59. The van der Waals surface area contributed by atoms with Crippen LogP contribution in [0.4, 0.5) is 0 Å². The molecule has 0 fully saturated rings. The lowest BCUT2D eigenvalue weighted by molar-refractivity contribution is 0.302. The van der Waals surface area contributed by atoms with Gasteiger partial charge in [-0.1, -0.05) is 25.1 Å². The van der Waals surface area contributed by atoms with Crippen LogP contribution in [-0.4, -0.2) is 45.3 Å². The number of guanidine groups is 1. The summed E-state index contributed by atoms with van der Waals surface area (Å²) in [5.41, 5.74) is 2.00. The summed E-state index contributed by atoms with van der Waals surface area (Å²) in [6.07, 6.45) is 4.61. The predicted molar refractivity (Wildman–Crippen MR) is 116 cm³/mol. The molecule has 0 amide bonds. The van der Waals surface area contributed by atoms with E-state index in [1.807, 2.05) is 31.2 Å². The van der Waals surface area contributed by atoms with Gasteiger partial charge in [0.25, 0.3) is 0 Å². The van der Waals surface area contributed by atoms with E-state index < -0.39 is 9.84 Å². The van der Waals surface area contributed by atoms with E-state index in [4.69, 9.17) is 4.74 Å². The van der Waals surface area contributed by atoms with E-state index in [2.05, 4.69) is 27.5 Å². The first-order valence-corrected chi connectivity index (χ1v) is 11.7. The molecule has 0 saturated heterocycles. The number of rotatable bonds is 10. The van der Waals surface area contributed by atoms with Gasteiger partial charge in [-0.05, 0) is 43.5 Å². The Morgan fingerprint density at radius 2 is 1.90 bits per heavy atom. The Kier molecular flexibility index (Phi) is 8.92. The highest BCUT2D eigenvalue weighted by Crippen LogP contribution is 2.15. The van der Waals surface area contributed by atoms with Gasteiger partial charge in [0.2, 0.25) is 5.88 Å². The van der Waals surface area contributed by atoms with E-state index >= 15 is 0 Å². The van der Waals surface area contributed by atoms with Crippen molar-refractivity contribution in [3.05, 3.63) is 53.7 Å². The quantitative estimate of drug-likeness (QED) is 0.455. The van der Waals surface area contributed by atoms with Crippen LogP contribution in [0.1, 0.15) is 31.4 Å². The van der Waals surface area contributed by atoms with Gasteiger partial charge in [0.15, 0.2) is 15.8 Å². The zero-order chi connectivity index (χ0) is 21.1. The summed E-state index contributed by atoms with van der Waals surface area (Å²) in [7, 11) is -3.16. The van der Waals surface area contributed by atoms with Gasteiger partial charge >= 0.3 is 0 Å². The zero-order valence-electron chi connectivity index (χ0n) is 17.3. The van der Waals surface area contributed by atoms with Crippen molar-refractivity contribution in [3.8, 4) is 5.88 Å². The van der Waals surface area contributed by atoms with Crippen molar-refractivity contribution in [2.45, 2.75) is 38.1 Å². The maximum atomic E-state index is 11.5. The van der Waals surface area contributed by atoms with E-state index in [0.29, 0.717) is 36.4 Å². The number of hydrogen-bond donors (Lipinski definition) is 2. The topological polar surface area (TPSA) is 92.7 Å². The first kappa shape index (κ1) is 22.7. The molecule has 0 spiro atoms. The van der Waals surface area contributed by atoms with Gasteiger partial charge in [-0.3, -0.25) is 0 Å². The van der Waals surface area contributed by atoms with Crippen molar-refractivity contribution >= 4 is 15.8 Å². The minimum absolute atomic E-state index is 0.335. The highest BCUT2D eigenvalue weighted by Gasteiger charge is 2.07. The molecule has 1 aromatic carbocycles. The molecular weight excluding hydrogens is 388 g/mol. The summed E-state index contributed by atoms with van der Waals surface area (Å²) < 4.78 is 28.8. The van der Waals surface area contributed by atoms with E-state index in [9.17, 15) is 8.42 Å². The minimum Gasteiger partial charge on any atom is -0.477 e. The molecule has 0 aliphatic carbocycles. The van der Waals surface area contributed by atoms with E-state index in [-0.39, 0.29) is 0 Å². The van der Waals surface area contributed by atoms with Gasteiger partial charge < -0.3 is 15.4 Å². The number of nitrogens with zero attached hydrogens (tertiary/aromatic N) is 2. The van der Waals surface area contributed by atoms with Crippen LogP contribution in [0.15, 0.2) is 52.5 Å². The fourth-order valence-electron chi connectivity index (χ4n) is 2.61. The third-order valence-electron chi connectivity index (χ3n) is 4.10. The van der Waals surface area contributed by atoms with Gasteiger partial charge in [0.1, 0.15) is 0 Å². The van der Waals surface area contributed by atoms with Crippen molar-refractivity contribution in [2.75, 3.05) is 26.0 Å². The van der Waals surface area contributed by atoms with E-state index in [1.165, 1.54) is 6.26 Å². The molecule has 1 heterocycles. The highest BCUT2D eigenvalue weighted by molar-refractivity contribution is 7.90. The Labute approximate surface area is 173 Å². The fraction of sp³-hybridized carbons (Fsp3) is 0.429. The molecule has 0 unspecified atom stereocenters. The van der Waals surface area contributed by atoms with Crippen molar-refractivity contribution < 1.29 is 13.2 Å². The molecule has 0 aliphatic rings. The van der Waals surface area contributed by atoms with Gasteiger partial charge in [-0.15, -0.1) is 0 Å². The molecule has 0 bridgehead atoms. The number of sulfone groups is 1.